The predicted molar refractivity (Wildman–Crippen MR) is 65.7 cm³/mol. The first kappa shape index (κ1) is 11.3. The highest BCUT2D eigenvalue weighted by molar-refractivity contribution is 5.97. The molecule has 5 heteroatoms. The standard InChI is InChI=1S/C12H14N4O/c1-9(17)10-8-13-12-4-6-14-16(12)11(10)5-7-15(2)3/h4-8H,1-3H3. The second-order valence-electron chi connectivity index (χ2n) is 3.99. The minimum atomic E-state index is -0.0201. The number of hydrogen-bond donors (Lipinski definition) is 0. The third-order valence-electron chi connectivity index (χ3n) is 2.36. The molecule has 2 rings (SSSR count). The summed E-state index contributed by atoms with van der Waals surface area (Å²) in [6, 6.07) is 1.80. The molecule has 0 fully saturated rings. The van der Waals surface area contributed by atoms with Gasteiger partial charge in [0.1, 0.15) is 0 Å². The Labute approximate surface area is 99.4 Å². The molecule has 2 aromatic heterocycles. The minimum Gasteiger partial charge on any atom is -0.383 e. The maximum atomic E-state index is 11.5. The summed E-state index contributed by atoms with van der Waals surface area (Å²) in [6.45, 7) is 1.53. The Morgan fingerprint density at radius 3 is 2.88 bits per heavy atom. The summed E-state index contributed by atoms with van der Waals surface area (Å²) in [6.07, 6.45) is 7.00. The molecule has 0 unspecified atom stereocenters. The molecule has 0 saturated carbocycles. The molecule has 0 amide bonds. The van der Waals surface area contributed by atoms with Crippen LogP contribution in [-0.4, -0.2) is 39.4 Å². The Balaban J connectivity index is 2.65. The molecule has 17 heavy (non-hydrogen) atoms. The van der Waals surface area contributed by atoms with E-state index < -0.39 is 0 Å². The van der Waals surface area contributed by atoms with Gasteiger partial charge in [0.2, 0.25) is 0 Å². The van der Waals surface area contributed by atoms with E-state index in [1.165, 1.54) is 6.92 Å². The lowest BCUT2D eigenvalue weighted by Crippen LogP contribution is -2.07. The molecule has 2 aromatic rings. The molecule has 0 radical (unpaired) electrons. The number of aromatic nitrogens is 3. The quantitative estimate of drug-likeness (QED) is 0.749. The van der Waals surface area contributed by atoms with Gasteiger partial charge in [-0.25, -0.2) is 9.50 Å². The average molecular weight is 230 g/mol. The number of rotatable bonds is 3. The fourth-order valence-corrected chi connectivity index (χ4v) is 1.54. The summed E-state index contributed by atoms with van der Waals surface area (Å²) in [4.78, 5) is 17.6. The van der Waals surface area contributed by atoms with Gasteiger partial charge in [0.15, 0.2) is 11.4 Å². The van der Waals surface area contributed by atoms with Crippen molar-refractivity contribution in [3.05, 3.63) is 35.9 Å². The van der Waals surface area contributed by atoms with E-state index in [0.717, 1.165) is 11.3 Å². The van der Waals surface area contributed by atoms with Crippen LogP contribution in [0.15, 0.2) is 24.7 Å². The number of carbonyl (C=O) groups is 1. The van der Waals surface area contributed by atoms with Crippen LogP contribution in [0, 0.1) is 0 Å². The predicted octanol–water partition coefficient (Wildman–Crippen LogP) is 1.46. The van der Waals surface area contributed by atoms with Crippen LogP contribution >= 0.6 is 0 Å². The molecule has 0 aliphatic rings. The number of Topliss-reactive ketones (excluding diaryl/α,β-unsaturated/α-hetero) is 1. The summed E-state index contributed by atoms with van der Waals surface area (Å²) in [5.41, 5.74) is 2.05. The van der Waals surface area contributed by atoms with Crippen molar-refractivity contribution in [3.8, 4) is 0 Å². The molecule has 0 atom stereocenters. The smallest absolute Gasteiger partial charge is 0.163 e. The zero-order valence-corrected chi connectivity index (χ0v) is 10.1. The highest BCUT2D eigenvalue weighted by atomic mass is 16.1. The van der Waals surface area contributed by atoms with Gasteiger partial charge in [-0.1, -0.05) is 0 Å². The normalized spacial score (nSPS) is 11.2. The zero-order valence-electron chi connectivity index (χ0n) is 10.1. The largest absolute Gasteiger partial charge is 0.383 e. The van der Waals surface area contributed by atoms with Crippen molar-refractivity contribution in [2.45, 2.75) is 6.92 Å². The van der Waals surface area contributed by atoms with Crippen LogP contribution < -0.4 is 0 Å². The third-order valence-corrected chi connectivity index (χ3v) is 2.36. The van der Waals surface area contributed by atoms with Crippen LogP contribution in [0.1, 0.15) is 23.0 Å². The van der Waals surface area contributed by atoms with Gasteiger partial charge in [-0.15, -0.1) is 0 Å². The number of fused-ring (bicyclic) bond motifs is 1. The van der Waals surface area contributed by atoms with Gasteiger partial charge in [0.25, 0.3) is 0 Å². The average Bonchev–Trinajstić information content (AvgIpc) is 2.73. The van der Waals surface area contributed by atoms with Crippen LogP contribution in [0.2, 0.25) is 0 Å². The van der Waals surface area contributed by atoms with E-state index in [0.29, 0.717) is 5.56 Å². The first-order valence-electron chi connectivity index (χ1n) is 5.28. The molecule has 0 aliphatic heterocycles. The number of hydrogen-bond acceptors (Lipinski definition) is 4. The molecular weight excluding hydrogens is 216 g/mol. The van der Waals surface area contributed by atoms with E-state index in [1.54, 1.807) is 23.0 Å². The van der Waals surface area contributed by atoms with Gasteiger partial charge in [0.05, 0.1) is 17.5 Å². The first-order valence-corrected chi connectivity index (χ1v) is 5.28. The Bertz CT molecular complexity index is 583. The van der Waals surface area contributed by atoms with Crippen molar-refractivity contribution < 1.29 is 4.79 Å². The highest BCUT2D eigenvalue weighted by Crippen LogP contribution is 2.13. The highest BCUT2D eigenvalue weighted by Gasteiger charge is 2.10. The fraction of sp³-hybridized carbons (Fsp3) is 0.250. The van der Waals surface area contributed by atoms with Crippen molar-refractivity contribution in [2.24, 2.45) is 0 Å². The van der Waals surface area contributed by atoms with Crippen molar-refractivity contribution in [1.29, 1.82) is 0 Å². The molecule has 0 bridgehead atoms. The number of ketones is 1. The summed E-state index contributed by atoms with van der Waals surface area (Å²) >= 11 is 0. The van der Waals surface area contributed by atoms with Crippen LogP contribution in [-0.2, 0) is 0 Å². The topological polar surface area (TPSA) is 50.5 Å². The molecule has 0 aromatic carbocycles. The second kappa shape index (κ2) is 4.37. The number of nitrogens with zero attached hydrogens (tertiary/aromatic N) is 4. The monoisotopic (exact) mass is 230 g/mol. The Morgan fingerprint density at radius 2 is 2.24 bits per heavy atom. The van der Waals surface area contributed by atoms with E-state index in [2.05, 4.69) is 10.1 Å². The van der Waals surface area contributed by atoms with Crippen LogP contribution in [0.25, 0.3) is 11.7 Å². The first-order chi connectivity index (χ1) is 8.09. The lowest BCUT2D eigenvalue weighted by Gasteiger charge is -2.07. The van der Waals surface area contributed by atoms with E-state index in [-0.39, 0.29) is 5.78 Å². The molecule has 2 heterocycles. The molecular formula is C12H14N4O. The van der Waals surface area contributed by atoms with Crippen LogP contribution in [0.5, 0.6) is 0 Å². The van der Waals surface area contributed by atoms with Crippen molar-refractivity contribution in [2.75, 3.05) is 14.1 Å². The van der Waals surface area contributed by atoms with Gasteiger partial charge in [-0.2, -0.15) is 5.10 Å². The molecule has 0 aliphatic carbocycles. The van der Waals surface area contributed by atoms with Crippen LogP contribution in [0.3, 0.4) is 0 Å². The Morgan fingerprint density at radius 1 is 1.47 bits per heavy atom. The van der Waals surface area contributed by atoms with E-state index in [9.17, 15) is 4.79 Å². The SMILES string of the molecule is CC(=O)c1cnc2ccnn2c1C=CN(C)C. The number of carbonyl (C=O) groups excluding carboxylic acids is 1. The van der Waals surface area contributed by atoms with Crippen LogP contribution in [0.4, 0.5) is 0 Å². The Kier molecular flexibility index (Phi) is 2.91. The van der Waals surface area contributed by atoms with Gasteiger partial charge in [-0.05, 0) is 13.0 Å². The molecule has 0 saturated heterocycles. The molecule has 5 nitrogen and oxygen atoms in total. The summed E-state index contributed by atoms with van der Waals surface area (Å²) < 4.78 is 1.66. The molecule has 0 spiro atoms. The molecule has 0 N–H and O–H groups in total. The van der Waals surface area contributed by atoms with Gasteiger partial charge < -0.3 is 4.90 Å². The summed E-state index contributed by atoms with van der Waals surface area (Å²) in [5, 5.41) is 4.17. The van der Waals surface area contributed by atoms with E-state index in [4.69, 9.17) is 0 Å². The van der Waals surface area contributed by atoms with Gasteiger partial charge >= 0.3 is 0 Å². The van der Waals surface area contributed by atoms with Crippen molar-refractivity contribution in [1.82, 2.24) is 19.5 Å². The maximum absolute atomic E-state index is 11.5. The van der Waals surface area contributed by atoms with Crippen molar-refractivity contribution in [3.63, 3.8) is 0 Å². The minimum absolute atomic E-state index is 0.0201. The third kappa shape index (κ3) is 2.18. The zero-order chi connectivity index (χ0) is 12.4. The maximum Gasteiger partial charge on any atom is 0.163 e. The second-order valence-corrected chi connectivity index (χ2v) is 3.99. The van der Waals surface area contributed by atoms with E-state index in [1.807, 2.05) is 31.3 Å². The van der Waals surface area contributed by atoms with Gasteiger partial charge in [0, 0.05) is 32.6 Å². The van der Waals surface area contributed by atoms with E-state index >= 15 is 0 Å². The Hall–Kier alpha value is -2.17. The fourth-order valence-electron chi connectivity index (χ4n) is 1.54. The van der Waals surface area contributed by atoms with Gasteiger partial charge in [-0.3, -0.25) is 4.79 Å². The molecule has 88 valence electrons. The lowest BCUT2D eigenvalue weighted by atomic mass is 10.1. The lowest BCUT2D eigenvalue weighted by molar-refractivity contribution is 0.101. The summed E-state index contributed by atoms with van der Waals surface area (Å²) in [7, 11) is 3.84. The van der Waals surface area contributed by atoms with Crippen molar-refractivity contribution >= 4 is 17.5 Å². The summed E-state index contributed by atoms with van der Waals surface area (Å²) in [5.74, 6) is -0.0201.